The summed E-state index contributed by atoms with van der Waals surface area (Å²) < 4.78 is 47.9. The van der Waals surface area contributed by atoms with Crippen molar-refractivity contribution < 1.29 is 27.5 Å². The molecule has 3 heterocycles. The lowest BCUT2D eigenvalue weighted by molar-refractivity contribution is -0.137. The minimum Gasteiger partial charge on any atom is -0.444 e. The molecule has 8 nitrogen and oxygen atoms in total. The summed E-state index contributed by atoms with van der Waals surface area (Å²) >= 11 is 1.83. The molecule has 12 heteroatoms. The molecule has 5 rings (SSSR count). The fraction of sp³-hybridized carbons (Fsp3) is 0.486. The first kappa shape index (κ1) is 36.4. The van der Waals surface area contributed by atoms with Crippen LogP contribution in [-0.4, -0.2) is 84.0 Å². The van der Waals surface area contributed by atoms with Gasteiger partial charge in [0.05, 0.1) is 5.56 Å². The van der Waals surface area contributed by atoms with E-state index in [1.54, 1.807) is 31.7 Å². The van der Waals surface area contributed by atoms with E-state index in [4.69, 9.17) is 4.74 Å². The molecule has 2 aliphatic rings. The average Bonchev–Trinajstić information content (AvgIpc) is 3.06. The zero-order valence-corrected chi connectivity index (χ0v) is 29.5. The van der Waals surface area contributed by atoms with Crippen molar-refractivity contribution in [3.63, 3.8) is 0 Å². The van der Waals surface area contributed by atoms with Gasteiger partial charge in [-0.2, -0.15) is 13.2 Å². The Morgan fingerprint density at radius 3 is 2.37 bits per heavy atom. The first-order valence-corrected chi connectivity index (χ1v) is 17.8. The predicted octanol–water partition coefficient (Wildman–Crippen LogP) is 7.97. The predicted molar refractivity (Wildman–Crippen MR) is 189 cm³/mol. The van der Waals surface area contributed by atoms with E-state index in [9.17, 15) is 22.8 Å². The fourth-order valence-corrected chi connectivity index (χ4v) is 7.40. The Morgan fingerprint density at radius 1 is 0.959 bits per heavy atom. The van der Waals surface area contributed by atoms with Crippen LogP contribution in [0.2, 0.25) is 0 Å². The van der Waals surface area contributed by atoms with E-state index in [1.165, 1.54) is 21.4 Å². The van der Waals surface area contributed by atoms with Crippen molar-refractivity contribution in [2.75, 3.05) is 61.8 Å². The summed E-state index contributed by atoms with van der Waals surface area (Å²) in [5.41, 5.74) is 2.50. The maximum absolute atomic E-state index is 14.2. The number of thioether (sulfide) groups is 1. The molecule has 0 aliphatic carbocycles. The SMILES string of the molecule is Cc1cccc(-c2cnccc2SCC2CCN(C(=O)CCNc3ccc(N4CCN(C(=O)OC(C)(C)C)CC4)c(C(F)(F)F)c3)CC2)c1. The largest absolute Gasteiger partial charge is 0.444 e. The van der Waals surface area contributed by atoms with Gasteiger partial charge in [0.1, 0.15) is 5.60 Å². The van der Waals surface area contributed by atoms with Gasteiger partial charge in [0, 0.05) is 92.2 Å². The monoisotopic (exact) mass is 697 g/mol. The quantitative estimate of drug-likeness (QED) is 0.227. The molecule has 2 aromatic carbocycles. The van der Waals surface area contributed by atoms with Crippen molar-refractivity contribution in [2.24, 2.45) is 5.92 Å². The first-order valence-electron chi connectivity index (χ1n) is 16.9. The molecule has 1 aromatic heterocycles. The van der Waals surface area contributed by atoms with Crippen LogP contribution >= 0.6 is 11.8 Å². The Morgan fingerprint density at radius 2 is 1.69 bits per heavy atom. The topological polar surface area (TPSA) is 78.0 Å². The normalized spacial score (nSPS) is 16.1. The number of ether oxygens (including phenoxy) is 1. The maximum atomic E-state index is 14.2. The fourth-order valence-electron chi connectivity index (χ4n) is 6.17. The van der Waals surface area contributed by atoms with Gasteiger partial charge in [0.2, 0.25) is 5.91 Å². The summed E-state index contributed by atoms with van der Waals surface area (Å²) in [6.07, 6.45) is 0.751. The highest BCUT2D eigenvalue weighted by Crippen LogP contribution is 2.39. The number of aryl methyl sites for hydroxylation is 1. The lowest BCUT2D eigenvalue weighted by atomic mass is 9.99. The van der Waals surface area contributed by atoms with Gasteiger partial charge in [-0.15, -0.1) is 11.8 Å². The number of pyridine rings is 1. The number of alkyl halides is 3. The average molecular weight is 698 g/mol. The number of rotatable bonds is 9. The highest BCUT2D eigenvalue weighted by molar-refractivity contribution is 7.99. The highest BCUT2D eigenvalue weighted by atomic mass is 32.2. The molecule has 0 unspecified atom stereocenters. The van der Waals surface area contributed by atoms with E-state index in [0.29, 0.717) is 24.7 Å². The summed E-state index contributed by atoms with van der Waals surface area (Å²) in [4.78, 5) is 36.0. The number of aromatic nitrogens is 1. The van der Waals surface area contributed by atoms with Gasteiger partial charge in [-0.05, 0) is 76.3 Å². The van der Waals surface area contributed by atoms with E-state index in [0.717, 1.165) is 35.8 Å². The second-order valence-electron chi connectivity index (χ2n) is 13.7. The number of nitrogens with one attached hydrogen (secondary N) is 1. The molecule has 2 fully saturated rings. The molecule has 0 atom stereocenters. The number of halogens is 3. The molecule has 264 valence electrons. The molecular formula is C37H46F3N5O3S. The zero-order chi connectivity index (χ0) is 35.2. The minimum absolute atomic E-state index is 0.00462. The van der Waals surface area contributed by atoms with Gasteiger partial charge in [-0.25, -0.2) is 4.79 Å². The van der Waals surface area contributed by atoms with Gasteiger partial charge in [0.15, 0.2) is 0 Å². The van der Waals surface area contributed by atoms with Gasteiger partial charge >= 0.3 is 12.3 Å². The van der Waals surface area contributed by atoms with Crippen LogP contribution in [0.3, 0.4) is 0 Å². The first-order chi connectivity index (χ1) is 23.3. The van der Waals surface area contributed by atoms with Crippen molar-refractivity contribution in [2.45, 2.75) is 63.6 Å². The maximum Gasteiger partial charge on any atom is 0.418 e. The number of benzene rings is 2. The van der Waals surface area contributed by atoms with Crippen molar-refractivity contribution >= 4 is 35.1 Å². The number of hydrogen-bond donors (Lipinski definition) is 1. The Balaban J connectivity index is 1.08. The molecule has 0 bridgehead atoms. The Hall–Kier alpha value is -3.93. The number of likely N-dealkylation sites (tertiary alicyclic amines) is 1. The molecule has 0 spiro atoms. The molecule has 2 saturated heterocycles. The van der Waals surface area contributed by atoms with Gasteiger partial charge < -0.3 is 24.8 Å². The number of piperazine rings is 1. The second kappa shape index (κ2) is 15.7. The smallest absolute Gasteiger partial charge is 0.418 e. The number of nitrogens with zero attached hydrogens (tertiary/aromatic N) is 4. The summed E-state index contributed by atoms with van der Waals surface area (Å²) in [5, 5.41) is 3.03. The molecule has 1 N–H and O–H groups in total. The Kier molecular flexibility index (Phi) is 11.7. The van der Waals surface area contributed by atoms with Crippen molar-refractivity contribution in [1.29, 1.82) is 0 Å². The van der Waals surface area contributed by atoms with Crippen LogP contribution in [0.4, 0.5) is 29.3 Å². The lowest BCUT2D eigenvalue weighted by Crippen LogP contribution is -2.50. The molecule has 2 aliphatic heterocycles. The lowest BCUT2D eigenvalue weighted by Gasteiger charge is -2.37. The molecule has 0 saturated carbocycles. The van der Waals surface area contributed by atoms with Gasteiger partial charge in [-0.1, -0.05) is 29.8 Å². The van der Waals surface area contributed by atoms with E-state index in [-0.39, 0.29) is 50.7 Å². The second-order valence-corrected chi connectivity index (χ2v) is 14.8. The van der Waals surface area contributed by atoms with Crippen LogP contribution in [0.5, 0.6) is 0 Å². The minimum atomic E-state index is -4.56. The van der Waals surface area contributed by atoms with E-state index >= 15 is 0 Å². The Bertz CT molecular complexity index is 1600. The summed E-state index contributed by atoms with van der Waals surface area (Å²) in [5.74, 6) is 1.46. The van der Waals surface area contributed by atoms with E-state index in [2.05, 4.69) is 47.6 Å². The number of amides is 2. The van der Waals surface area contributed by atoms with Crippen LogP contribution in [-0.2, 0) is 15.7 Å². The highest BCUT2D eigenvalue weighted by Gasteiger charge is 2.36. The van der Waals surface area contributed by atoms with Crippen LogP contribution < -0.4 is 10.2 Å². The summed E-state index contributed by atoms with van der Waals surface area (Å²) in [6, 6.07) is 14.7. The van der Waals surface area contributed by atoms with Crippen molar-refractivity contribution in [1.82, 2.24) is 14.8 Å². The number of carbonyl (C=O) groups excluding carboxylic acids is 2. The standard InChI is InChI=1S/C37H46F3N5O3S/c1-26-6-5-7-28(22-26)30-24-41-14-10-33(30)49-25-27-12-16-44(17-13-27)34(46)11-15-42-29-8-9-32(31(23-29)37(38,39)40)43-18-20-45(21-19-43)35(47)48-36(2,3)4/h5-10,14,22-24,27,42H,11-13,15-21,25H2,1-4H3. The van der Waals surface area contributed by atoms with Gasteiger partial charge in [-0.3, -0.25) is 9.78 Å². The van der Waals surface area contributed by atoms with E-state index in [1.807, 2.05) is 29.1 Å². The zero-order valence-electron chi connectivity index (χ0n) is 28.7. The van der Waals surface area contributed by atoms with Crippen molar-refractivity contribution in [3.05, 3.63) is 72.1 Å². The summed E-state index contributed by atoms with van der Waals surface area (Å²) in [6.45, 7) is 10.1. The van der Waals surface area contributed by atoms with Crippen LogP contribution in [0.25, 0.3) is 11.1 Å². The third kappa shape index (κ3) is 10.1. The van der Waals surface area contributed by atoms with Crippen molar-refractivity contribution in [3.8, 4) is 11.1 Å². The Labute approximate surface area is 291 Å². The third-order valence-corrected chi connectivity index (χ3v) is 10.1. The van der Waals surface area contributed by atoms with Crippen LogP contribution in [0.1, 0.15) is 51.2 Å². The molecular weight excluding hydrogens is 652 g/mol. The summed E-state index contributed by atoms with van der Waals surface area (Å²) in [7, 11) is 0. The van der Waals surface area contributed by atoms with Crippen LogP contribution in [0, 0.1) is 12.8 Å². The third-order valence-electron chi connectivity index (χ3n) is 8.79. The number of hydrogen-bond acceptors (Lipinski definition) is 7. The molecule has 0 radical (unpaired) electrons. The number of piperidine rings is 1. The van der Waals surface area contributed by atoms with Gasteiger partial charge in [0.25, 0.3) is 0 Å². The molecule has 49 heavy (non-hydrogen) atoms. The number of anilines is 2. The van der Waals surface area contributed by atoms with Crippen LogP contribution in [0.15, 0.2) is 65.8 Å². The van der Waals surface area contributed by atoms with E-state index < -0.39 is 23.4 Å². The molecule has 2 amide bonds. The molecule has 3 aromatic rings. The number of carbonyl (C=O) groups is 2.